The molecular formula is C22H22N4O. The predicted octanol–water partition coefficient (Wildman–Crippen LogP) is 4.43. The van der Waals surface area contributed by atoms with E-state index in [9.17, 15) is 4.79 Å². The minimum atomic E-state index is -0.0924. The topological polar surface area (TPSA) is 58.1 Å². The molecule has 1 atom stereocenters. The van der Waals surface area contributed by atoms with Crippen molar-refractivity contribution in [2.45, 2.75) is 33.2 Å². The standard InChI is InChI=1S/C22H22N4O/c1-14-7-6-9-18(11-14)25-21-13-19(23-16(3)24-21)22(27)26-15(2)12-17-8-4-5-10-20(17)26/h4-11,13,15H,12H2,1-3H3,(H,23,24,25). The van der Waals surface area contributed by atoms with Crippen LogP contribution in [-0.2, 0) is 6.42 Å². The van der Waals surface area contributed by atoms with Gasteiger partial charge >= 0.3 is 0 Å². The third kappa shape index (κ3) is 3.40. The van der Waals surface area contributed by atoms with Crippen LogP contribution in [-0.4, -0.2) is 21.9 Å². The largest absolute Gasteiger partial charge is 0.340 e. The zero-order chi connectivity index (χ0) is 19.0. The zero-order valence-electron chi connectivity index (χ0n) is 15.7. The third-order valence-corrected chi connectivity index (χ3v) is 4.77. The Morgan fingerprint density at radius 1 is 1.07 bits per heavy atom. The lowest BCUT2D eigenvalue weighted by Crippen LogP contribution is -2.36. The molecule has 0 aliphatic carbocycles. The van der Waals surface area contributed by atoms with Gasteiger partial charge in [-0.05, 0) is 56.5 Å². The van der Waals surface area contributed by atoms with Crippen LogP contribution in [0.3, 0.4) is 0 Å². The van der Waals surface area contributed by atoms with Gasteiger partial charge < -0.3 is 10.2 Å². The lowest BCUT2D eigenvalue weighted by atomic mass is 10.1. The zero-order valence-corrected chi connectivity index (χ0v) is 15.7. The molecule has 2 heterocycles. The quantitative estimate of drug-likeness (QED) is 0.752. The van der Waals surface area contributed by atoms with Crippen LogP contribution in [0.2, 0.25) is 0 Å². The van der Waals surface area contributed by atoms with E-state index >= 15 is 0 Å². The first kappa shape index (κ1) is 17.2. The molecule has 1 aliphatic rings. The van der Waals surface area contributed by atoms with Crippen molar-refractivity contribution in [2.24, 2.45) is 0 Å². The molecule has 27 heavy (non-hydrogen) atoms. The molecule has 136 valence electrons. The van der Waals surface area contributed by atoms with Crippen molar-refractivity contribution in [3.8, 4) is 0 Å². The molecule has 0 saturated heterocycles. The smallest absolute Gasteiger partial charge is 0.277 e. The first-order valence-electron chi connectivity index (χ1n) is 9.12. The van der Waals surface area contributed by atoms with Crippen LogP contribution in [0.25, 0.3) is 0 Å². The molecule has 2 aromatic carbocycles. The Morgan fingerprint density at radius 3 is 2.70 bits per heavy atom. The lowest BCUT2D eigenvalue weighted by Gasteiger charge is -2.22. The van der Waals surface area contributed by atoms with E-state index in [1.165, 1.54) is 5.56 Å². The van der Waals surface area contributed by atoms with Crippen LogP contribution >= 0.6 is 0 Å². The Hall–Kier alpha value is -3.21. The summed E-state index contributed by atoms with van der Waals surface area (Å²) >= 11 is 0. The SMILES string of the molecule is Cc1cccc(Nc2cc(C(=O)N3c4ccccc4CC3C)nc(C)n2)c1. The Bertz CT molecular complexity index is 1010. The van der Waals surface area contributed by atoms with Crippen molar-refractivity contribution in [1.29, 1.82) is 0 Å². The summed E-state index contributed by atoms with van der Waals surface area (Å²) in [6.45, 7) is 5.91. The van der Waals surface area contributed by atoms with Gasteiger partial charge in [0.25, 0.3) is 5.91 Å². The van der Waals surface area contributed by atoms with Gasteiger partial charge in [-0.25, -0.2) is 9.97 Å². The van der Waals surface area contributed by atoms with Gasteiger partial charge in [-0.2, -0.15) is 0 Å². The van der Waals surface area contributed by atoms with Gasteiger partial charge in [-0.1, -0.05) is 30.3 Å². The molecule has 0 radical (unpaired) electrons. The Morgan fingerprint density at radius 2 is 1.89 bits per heavy atom. The van der Waals surface area contributed by atoms with Crippen molar-refractivity contribution in [3.05, 3.63) is 77.2 Å². The second-order valence-corrected chi connectivity index (χ2v) is 7.04. The fourth-order valence-electron chi connectivity index (χ4n) is 3.61. The summed E-state index contributed by atoms with van der Waals surface area (Å²) in [6.07, 6.45) is 0.861. The van der Waals surface area contributed by atoms with E-state index in [1.807, 2.05) is 54.3 Å². The number of hydrogen-bond donors (Lipinski definition) is 1. The molecule has 5 heteroatoms. The van der Waals surface area contributed by atoms with Gasteiger partial charge in [0.15, 0.2) is 0 Å². The third-order valence-electron chi connectivity index (χ3n) is 4.77. The van der Waals surface area contributed by atoms with E-state index in [1.54, 1.807) is 13.0 Å². The minimum Gasteiger partial charge on any atom is -0.340 e. The van der Waals surface area contributed by atoms with Crippen molar-refractivity contribution in [2.75, 3.05) is 10.2 Å². The highest BCUT2D eigenvalue weighted by atomic mass is 16.2. The van der Waals surface area contributed by atoms with E-state index in [4.69, 9.17) is 0 Å². The number of carbonyl (C=O) groups is 1. The summed E-state index contributed by atoms with van der Waals surface area (Å²) in [5.74, 6) is 1.10. The number of amides is 1. The van der Waals surface area contributed by atoms with Crippen LogP contribution in [0.5, 0.6) is 0 Å². The number of carbonyl (C=O) groups excluding carboxylic acids is 1. The summed E-state index contributed by atoms with van der Waals surface area (Å²) in [5.41, 5.74) is 4.67. The molecule has 3 aromatic rings. The van der Waals surface area contributed by atoms with Gasteiger partial charge in [-0.3, -0.25) is 4.79 Å². The average molecular weight is 358 g/mol. The van der Waals surface area contributed by atoms with E-state index in [2.05, 4.69) is 28.3 Å². The van der Waals surface area contributed by atoms with Gasteiger partial charge in [0.2, 0.25) is 0 Å². The van der Waals surface area contributed by atoms with Crippen LogP contribution in [0, 0.1) is 13.8 Å². The fourth-order valence-corrected chi connectivity index (χ4v) is 3.61. The highest BCUT2D eigenvalue weighted by molar-refractivity contribution is 6.07. The van der Waals surface area contributed by atoms with Crippen LogP contribution in [0.15, 0.2) is 54.6 Å². The van der Waals surface area contributed by atoms with E-state index in [0.29, 0.717) is 17.3 Å². The number of benzene rings is 2. The summed E-state index contributed by atoms with van der Waals surface area (Å²) in [5, 5.41) is 3.28. The maximum absolute atomic E-state index is 13.2. The van der Waals surface area contributed by atoms with Crippen molar-refractivity contribution < 1.29 is 4.79 Å². The monoisotopic (exact) mass is 358 g/mol. The molecule has 1 aliphatic heterocycles. The molecule has 5 nitrogen and oxygen atoms in total. The minimum absolute atomic E-state index is 0.0924. The normalized spacial score (nSPS) is 15.5. The van der Waals surface area contributed by atoms with Gasteiger partial charge in [0.1, 0.15) is 17.3 Å². The molecule has 1 aromatic heterocycles. The van der Waals surface area contributed by atoms with E-state index < -0.39 is 0 Å². The number of anilines is 3. The molecule has 0 spiro atoms. The molecule has 4 rings (SSSR count). The fraction of sp³-hybridized carbons (Fsp3) is 0.227. The van der Waals surface area contributed by atoms with Crippen molar-refractivity contribution in [1.82, 2.24) is 9.97 Å². The maximum Gasteiger partial charge on any atom is 0.277 e. The predicted molar refractivity (Wildman–Crippen MR) is 108 cm³/mol. The van der Waals surface area contributed by atoms with Crippen molar-refractivity contribution in [3.63, 3.8) is 0 Å². The average Bonchev–Trinajstić information content (AvgIpc) is 2.96. The van der Waals surface area contributed by atoms with Crippen LogP contribution < -0.4 is 10.2 Å². The second-order valence-electron chi connectivity index (χ2n) is 7.04. The summed E-state index contributed by atoms with van der Waals surface area (Å²) < 4.78 is 0. The Balaban J connectivity index is 1.66. The number of fused-ring (bicyclic) bond motifs is 1. The number of aryl methyl sites for hydroxylation is 2. The lowest BCUT2D eigenvalue weighted by molar-refractivity contribution is 0.0976. The van der Waals surface area contributed by atoms with Gasteiger partial charge in [-0.15, -0.1) is 0 Å². The van der Waals surface area contributed by atoms with Crippen molar-refractivity contribution >= 4 is 23.1 Å². The number of nitrogens with one attached hydrogen (secondary N) is 1. The molecule has 0 fully saturated rings. The van der Waals surface area contributed by atoms with Crippen LogP contribution in [0.4, 0.5) is 17.2 Å². The molecule has 1 N–H and O–H groups in total. The summed E-state index contributed by atoms with van der Waals surface area (Å²) in [6, 6.07) is 17.9. The number of aromatic nitrogens is 2. The molecule has 0 bridgehead atoms. The summed E-state index contributed by atoms with van der Waals surface area (Å²) in [4.78, 5) is 23.9. The molecule has 0 saturated carbocycles. The highest BCUT2D eigenvalue weighted by Crippen LogP contribution is 2.33. The van der Waals surface area contributed by atoms with Crippen LogP contribution in [0.1, 0.15) is 34.4 Å². The first-order chi connectivity index (χ1) is 13.0. The first-order valence-corrected chi connectivity index (χ1v) is 9.12. The number of para-hydroxylation sites is 1. The second kappa shape index (κ2) is 6.83. The molecule has 1 amide bonds. The number of rotatable bonds is 3. The molecule has 1 unspecified atom stereocenters. The summed E-state index contributed by atoms with van der Waals surface area (Å²) in [7, 11) is 0. The number of nitrogens with zero attached hydrogens (tertiary/aromatic N) is 3. The Kier molecular flexibility index (Phi) is 4.36. The van der Waals surface area contributed by atoms with Gasteiger partial charge in [0, 0.05) is 23.5 Å². The van der Waals surface area contributed by atoms with E-state index in [-0.39, 0.29) is 11.9 Å². The number of hydrogen-bond acceptors (Lipinski definition) is 4. The van der Waals surface area contributed by atoms with Gasteiger partial charge in [0.05, 0.1) is 0 Å². The molecular weight excluding hydrogens is 336 g/mol. The Labute approximate surface area is 159 Å². The van der Waals surface area contributed by atoms with E-state index in [0.717, 1.165) is 23.4 Å². The highest BCUT2D eigenvalue weighted by Gasteiger charge is 2.32. The maximum atomic E-state index is 13.2.